The Morgan fingerprint density at radius 1 is 1.08 bits per heavy atom. The van der Waals surface area contributed by atoms with Gasteiger partial charge in [0.05, 0.1) is 0 Å². The molecule has 0 aliphatic heterocycles. The van der Waals surface area contributed by atoms with Crippen LogP contribution < -0.4 is 5.32 Å². The first-order valence-corrected chi connectivity index (χ1v) is 8.43. The van der Waals surface area contributed by atoms with Crippen LogP contribution in [0.25, 0.3) is 11.5 Å². The van der Waals surface area contributed by atoms with Crippen LogP contribution >= 0.6 is 0 Å². The summed E-state index contributed by atoms with van der Waals surface area (Å²) >= 11 is 0. The maximum Gasteiger partial charge on any atom is 0.247 e. The molecule has 0 unspecified atom stereocenters. The number of aryl methyl sites for hydroxylation is 3. The summed E-state index contributed by atoms with van der Waals surface area (Å²) in [7, 11) is 0. The van der Waals surface area contributed by atoms with Gasteiger partial charge in [-0.2, -0.15) is 0 Å². The second-order valence-corrected chi connectivity index (χ2v) is 5.87. The van der Waals surface area contributed by atoms with Gasteiger partial charge in [0.2, 0.25) is 17.7 Å². The molecular formula is C20H21N3O2. The van der Waals surface area contributed by atoms with Gasteiger partial charge in [-0.15, -0.1) is 10.2 Å². The Labute approximate surface area is 147 Å². The lowest BCUT2D eigenvalue weighted by atomic mass is 10.1. The average molecular weight is 335 g/mol. The van der Waals surface area contributed by atoms with E-state index < -0.39 is 0 Å². The lowest BCUT2D eigenvalue weighted by Gasteiger charge is -2.08. The van der Waals surface area contributed by atoms with Crippen LogP contribution in [0.5, 0.6) is 0 Å². The van der Waals surface area contributed by atoms with Gasteiger partial charge in [-0.3, -0.25) is 4.79 Å². The van der Waals surface area contributed by atoms with Crippen molar-refractivity contribution in [2.45, 2.75) is 33.1 Å². The Morgan fingerprint density at radius 2 is 1.84 bits per heavy atom. The van der Waals surface area contributed by atoms with Crippen molar-refractivity contribution in [1.82, 2.24) is 10.2 Å². The molecule has 0 spiro atoms. The highest BCUT2D eigenvalue weighted by Gasteiger charge is 2.12. The van der Waals surface area contributed by atoms with Gasteiger partial charge in [0.1, 0.15) is 0 Å². The predicted octanol–water partition coefficient (Wildman–Crippen LogP) is 4.18. The molecule has 2 aromatic carbocycles. The molecule has 1 N–H and O–H groups in total. The number of hydrogen-bond acceptors (Lipinski definition) is 4. The van der Waals surface area contributed by atoms with E-state index in [0.717, 1.165) is 28.8 Å². The minimum atomic E-state index is -0.0588. The Morgan fingerprint density at radius 3 is 2.64 bits per heavy atom. The Hall–Kier alpha value is -2.95. The van der Waals surface area contributed by atoms with E-state index in [2.05, 4.69) is 22.4 Å². The Kier molecular flexibility index (Phi) is 5.23. The van der Waals surface area contributed by atoms with Crippen molar-refractivity contribution < 1.29 is 9.21 Å². The number of carbonyl (C=O) groups excluding carboxylic acids is 1. The van der Waals surface area contributed by atoms with Gasteiger partial charge in [-0.05, 0) is 36.6 Å². The lowest BCUT2D eigenvalue weighted by molar-refractivity contribution is -0.116. The van der Waals surface area contributed by atoms with Crippen LogP contribution in [0.1, 0.15) is 30.4 Å². The standard InChI is InChI=1S/C20H21N3O2/c1-3-15-9-5-7-11-17(15)21-18(24)12-13-19-22-23-20(25-19)16-10-6-4-8-14(16)2/h4-11H,3,12-13H2,1-2H3,(H,21,24). The molecule has 0 saturated carbocycles. The number of para-hydroxylation sites is 1. The van der Waals surface area contributed by atoms with Gasteiger partial charge < -0.3 is 9.73 Å². The summed E-state index contributed by atoms with van der Waals surface area (Å²) in [6.07, 6.45) is 1.59. The first-order valence-electron chi connectivity index (χ1n) is 8.43. The Balaban J connectivity index is 1.61. The van der Waals surface area contributed by atoms with Crippen LogP contribution in [-0.4, -0.2) is 16.1 Å². The number of amides is 1. The molecule has 1 aromatic heterocycles. The highest BCUT2D eigenvalue weighted by Crippen LogP contribution is 2.22. The highest BCUT2D eigenvalue weighted by atomic mass is 16.4. The second-order valence-electron chi connectivity index (χ2n) is 5.87. The van der Waals surface area contributed by atoms with Gasteiger partial charge in [0.15, 0.2) is 0 Å². The maximum absolute atomic E-state index is 12.2. The average Bonchev–Trinajstić information content (AvgIpc) is 3.09. The van der Waals surface area contributed by atoms with Gasteiger partial charge in [-0.1, -0.05) is 43.3 Å². The third-order valence-corrected chi connectivity index (χ3v) is 4.08. The van der Waals surface area contributed by atoms with Crippen molar-refractivity contribution in [3.05, 3.63) is 65.5 Å². The summed E-state index contributed by atoms with van der Waals surface area (Å²) in [5, 5.41) is 11.1. The molecule has 0 atom stereocenters. The minimum absolute atomic E-state index is 0.0588. The predicted molar refractivity (Wildman–Crippen MR) is 97.2 cm³/mol. The Bertz CT molecular complexity index is 871. The van der Waals surface area contributed by atoms with Crippen molar-refractivity contribution in [1.29, 1.82) is 0 Å². The molecule has 0 radical (unpaired) electrons. The number of nitrogens with one attached hydrogen (secondary N) is 1. The number of nitrogens with zero attached hydrogens (tertiary/aromatic N) is 2. The number of aromatic nitrogens is 2. The summed E-state index contributed by atoms with van der Waals surface area (Å²) in [6.45, 7) is 4.06. The van der Waals surface area contributed by atoms with E-state index in [4.69, 9.17) is 4.42 Å². The molecule has 0 bridgehead atoms. The first kappa shape index (κ1) is 16.9. The molecule has 3 rings (SSSR count). The molecule has 1 amide bonds. The first-order chi connectivity index (χ1) is 12.2. The van der Waals surface area contributed by atoms with Crippen LogP contribution in [0.3, 0.4) is 0 Å². The van der Waals surface area contributed by atoms with Crippen LogP contribution in [0.15, 0.2) is 52.9 Å². The largest absolute Gasteiger partial charge is 0.421 e. The van der Waals surface area contributed by atoms with Crippen molar-refractivity contribution in [2.75, 3.05) is 5.32 Å². The summed E-state index contributed by atoms with van der Waals surface area (Å²) in [5.41, 5.74) is 3.98. The van der Waals surface area contributed by atoms with Crippen LogP contribution in [0, 0.1) is 6.92 Å². The van der Waals surface area contributed by atoms with E-state index in [-0.39, 0.29) is 5.91 Å². The third-order valence-electron chi connectivity index (χ3n) is 4.08. The summed E-state index contributed by atoms with van der Waals surface area (Å²) in [4.78, 5) is 12.2. The van der Waals surface area contributed by atoms with E-state index in [1.165, 1.54) is 0 Å². The zero-order valence-corrected chi connectivity index (χ0v) is 14.5. The molecule has 5 nitrogen and oxygen atoms in total. The topological polar surface area (TPSA) is 68.0 Å². The molecule has 0 saturated heterocycles. The highest BCUT2D eigenvalue weighted by molar-refractivity contribution is 5.91. The smallest absolute Gasteiger partial charge is 0.247 e. The molecule has 3 aromatic rings. The lowest BCUT2D eigenvalue weighted by Crippen LogP contribution is -2.13. The maximum atomic E-state index is 12.2. The third kappa shape index (κ3) is 4.12. The van der Waals surface area contributed by atoms with E-state index >= 15 is 0 Å². The summed E-state index contributed by atoms with van der Waals surface area (Å²) in [5.74, 6) is 0.901. The molecule has 0 aliphatic rings. The fraction of sp³-hybridized carbons (Fsp3) is 0.250. The van der Waals surface area contributed by atoms with Crippen LogP contribution in [0.2, 0.25) is 0 Å². The van der Waals surface area contributed by atoms with Crippen molar-refractivity contribution in [2.24, 2.45) is 0 Å². The molecule has 0 fully saturated rings. The van der Waals surface area contributed by atoms with Gasteiger partial charge in [0, 0.05) is 24.1 Å². The van der Waals surface area contributed by atoms with E-state index in [9.17, 15) is 4.79 Å². The number of anilines is 1. The number of carbonyl (C=O) groups is 1. The molecule has 25 heavy (non-hydrogen) atoms. The number of benzene rings is 2. The van der Waals surface area contributed by atoms with Crippen molar-refractivity contribution in [3.8, 4) is 11.5 Å². The zero-order chi connectivity index (χ0) is 17.6. The molecular weight excluding hydrogens is 314 g/mol. The van der Waals surface area contributed by atoms with Gasteiger partial charge in [-0.25, -0.2) is 0 Å². The molecule has 1 heterocycles. The van der Waals surface area contributed by atoms with Crippen LogP contribution in [0.4, 0.5) is 5.69 Å². The molecule has 128 valence electrons. The number of hydrogen-bond donors (Lipinski definition) is 1. The van der Waals surface area contributed by atoms with Crippen LogP contribution in [-0.2, 0) is 17.6 Å². The van der Waals surface area contributed by atoms with E-state index in [1.54, 1.807) is 0 Å². The number of rotatable bonds is 6. The van der Waals surface area contributed by atoms with Gasteiger partial charge >= 0.3 is 0 Å². The summed E-state index contributed by atoms with van der Waals surface area (Å²) in [6, 6.07) is 15.7. The second kappa shape index (κ2) is 7.75. The zero-order valence-electron chi connectivity index (χ0n) is 14.5. The van der Waals surface area contributed by atoms with Crippen molar-refractivity contribution >= 4 is 11.6 Å². The van der Waals surface area contributed by atoms with E-state index in [0.29, 0.717) is 24.6 Å². The minimum Gasteiger partial charge on any atom is -0.421 e. The molecule has 5 heteroatoms. The normalized spacial score (nSPS) is 10.6. The van der Waals surface area contributed by atoms with E-state index in [1.807, 2.05) is 55.5 Å². The SMILES string of the molecule is CCc1ccccc1NC(=O)CCc1nnc(-c2ccccc2C)o1. The quantitative estimate of drug-likeness (QED) is 0.734. The fourth-order valence-electron chi connectivity index (χ4n) is 2.66. The monoisotopic (exact) mass is 335 g/mol. The van der Waals surface area contributed by atoms with Crippen molar-refractivity contribution in [3.63, 3.8) is 0 Å². The fourth-order valence-corrected chi connectivity index (χ4v) is 2.66. The molecule has 0 aliphatic carbocycles. The summed E-state index contributed by atoms with van der Waals surface area (Å²) < 4.78 is 5.69. The van der Waals surface area contributed by atoms with Gasteiger partial charge in [0.25, 0.3) is 0 Å².